The maximum Gasteiger partial charge on any atom is 0.322 e. The normalized spacial score (nSPS) is 10.8. The molecule has 0 amide bonds. The molecule has 1 heterocycles. The van der Waals surface area contributed by atoms with Crippen molar-refractivity contribution in [3.05, 3.63) is 41.2 Å². The van der Waals surface area contributed by atoms with E-state index in [1.54, 1.807) is 25.1 Å². The molecule has 0 aliphatic heterocycles. The second kappa shape index (κ2) is 5.26. The SMILES string of the molecule is Cc1cc(C(C)C)nc(Oc2cccc(O)c2C)n1. The maximum absolute atomic E-state index is 9.65. The molecule has 4 heteroatoms. The second-order valence-electron chi connectivity index (χ2n) is 4.87. The summed E-state index contributed by atoms with van der Waals surface area (Å²) in [6.07, 6.45) is 0. The van der Waals surface area contributed by atoms with Crippen molar-refractivity contribution in [1.29, 1.82) is 0 Å². The van der Waals surface area contributed by atoms with E-state index >= 15 is 0 Å². The fraction of sp³-hybridized carbons (Fsp3) is 0.333. The summed E-state index contributed by atoms with van der Waals surface area (Å²) in [7, 11) is 0. The Morgan fingerprint density at radius 3 is 2.58 bits per heavy atom. The number of hydrogen-bond donors (Lipinski definition) is 1. The summed E-state index contributed by atoms with van der Waals surface area (Å²) in [6, 6.07) is 7.41. The molecule has 0 unspecified atom stereocenters. The van der Waals surface area contributed by atoms with Gasteiger partial charge in [0.05, 0.1) is 5.69 Å². The molecule has 0 bridgehead atoms. The van der Waals surface area contributed by atoms with Gasteiger partial charge < -0.3 is 9.84 Å². The van der Waals surface area contributed by atoms with Gasteiger partial charge in [0.25, 0.3) is 0 Å². The topological polar surface area (TPSA) is 55.2 Å². The van der Waals surface area contributed by atoms with E-state index in [2.05, 4.69) is 23.8 Å². The van der Waals surface area contributed by atoms with E-state index in [0.717, 1.165) is 11.4 Å². The standard InChI is InChI=1S/C15H18N2O2/c1-9(2)12-8-10(3)16-15(17-12)19-14-7-5-6-13(18)11(14)4/h5-9,18H,1-4H3. The van der Waals surface area contributed by atoms with Crippen molar-refractivity contribution in [3.8, 4) is 17.5 Å². The van der Waals surface area contributed by atoms with Crippen molar-refractivity contribution in [3.63, 3.8) is 0 Å². The van der Waals surface area contributed by atoms with Gasteiger partial charge in [-0.25, -0.2) is 4.98 Å². The fourth-order valence-corrected chi connectivity index (χ4v) is 1.72. The highest BCUT2D eigenvalue weighted by atomic mass is 16.5. The smallest absolute Gasteiger partial charge is 0.322 e. The average molecular weight is 258 g/mol. The van der Waals surface area contributed by atoms with Crippen molar-refractivity contribution in [2.24, 2.45) is 0 Å². The van der Waals surface area contributed by atoms with Gasteiger partial charge in [0.1, 0.15) is 11.5 Å². The number of phenols is 1. The first-order valence-electron chi connectivity index (χ1n) is 6.29. The molecule has 19 heavy (non-hydrogen) atoms. The first-order chi connectivity index (χ1) is 8.97. The number of aryl methyl sites for hydroxylation is 1. The molecule has 0 spiro atoms. The summed E-state index contributed by atoms with van der Waals surface area (Å²) in [5.41, 5.74) is 2.49. The van der Waals surface area contributed by atoms with Gasteiger partial charge in [-0.2, -0.15) is 4.98 Å². The lowest BCUT2D eigenvalue weighted by Gasteiger charge is -2.11. The number of ether oxygens (including phenoxy) is 1. The molecular formula is C15H18N2O2. The molecule has 4 nitrogen and oxygen atoms in total. The number of nitrogens with zero attached hydrogens (tertiary/aromatic N) is 2. The van der Waals surface area contributed by atoms with Crippen molar-refractivity contribution in [2.45, 2.75) is 33.6 Å². The van der Waals surface area contributed by atoms with Gasteiger partial charge in [-0.05, 0) is 38.0 Å². The lowest BCUT2D eigenvalue weighted by molar-refractivity contribution is 0.422. The highest BCUT2D eigenvalue weighted by Crippen LogP contribution is 2.29. The summed E-state index contributed by atoms with van der Waals surface area (Å²) in [5.74, 6) is 1.09. The van der Waals surface area contributed by atoms with Crippen molar-refractivity contribution < 1.29 is 9.84 Å². The molecule has 0 atom stereocenters. The van der Waals surface area contributed by atoms with Gasteiger partial charge in [-0.1, -0.05) is 19.9 Å². The molecule has 2 rings (SSSR count). The van der Waals surface area contributed by atoms with Crippen LogP contribution in [0.5, 0.6) is 17.5 Å². The number of hydrogen-bond acceptors (Lipinski definition) is 4. The van der Waals surface area contributed by atoms with E-state index in [4.69, 9.17) is 4.74 Å². The number of aromatic nitrogens is 2. The molecule has 0 aliphatic carbocycles. The van der Waals surface area contributed by atoms with Crippen LogP contribution in [0.15, 0.2) is 24.3 Å². The van der Waals surface area contributed by atoms with Crippen LogP contribution in [0.3, 0.4) is 0 Å². The third-order valence-electron chi connectivity index (χ3n) is 2.90. The minimum absolute atomic E-state index is 0.203. The Kier molecular flexibility index (Phi) is 3.69. The molecule has 0 saturated heterocycles. The van der Waals surface area contributed by atoms with E-state index in [1.165, 1.54) is 0 Å². The van der Waals surface area contributed by atoms with Gasteiger partial charge in [0.2, 0.25) is 0 Å². The van der Waals surface area contributed by atoms with Gasteiger partial charge in [-0.3, -0.25) is 0 Å². The van der Waals surface area contributed by atoms with Crippen LogP contribution >= 0.6 is 0 Å². The van der Waals surface area contributed by atoms with Crippen molar-refractivity contribution in [1.82, 2.24) is 9.97 Å². The van der Waals surface area contributed by atoms with Crippen LogP contribution in [0.1, 0.15) is 36.7 Å². The Bertz CT molecular complexity index is 595. The summed E-state index contributed by atoms with van der Waals surface area (Å²) in [4.78, 5) is 8.65. The molecule has 1 aromatic heterocycles. The zero-order valence-electron chi connectivity index (χ0n) is 11.6. The Hall–Kier alpha value is -2.10. The van der Waals surface area contributed by atoms with Gasteiger partial charge in [0.15, 0.2) is 0 Å². The van der Waals surface area contributed by atoms with Crippen LogP contribution in [0.25, 0.3) is 0 Å². The second-order valence-corrected chi connectivity index (χ2v) is 4.87. The Labute approximate surface area is 113 Å². The molecule has 0 aliphatic rings. The first-order valence-corrected chi connectivity index (χ1v) is 6.29. The largest absolute Gasteiger partial charge is 0.508 e. The quantitative estimate of drug-likeness (QED) is 0.911. The van der Waals surface area contributed by atoms with Crippen molar-refractivity contribution >= 4 is 0 Å². The van der Waals surface area contributed by atoms with Gasteiger partial charge in [-0.15, -0.1) is 0 Å². The Balaban J connectivity index is 2.35. The predicted octanol–water partition coefficient (Wildman–Crippen LogP) is 3.71. The zero-order valence-corrected chi connectivity index (χ0v) is 11.6. The van der Waals surface area contributed by atoms with Crippen LogP contribution in [0.2, 0.25) is 0 Å². The molecule has 0 fully saturated rings. The highest BCUT2D eigenvalue weighted by molar-refractivity contribution is 5.43. The summed E-state index contributed by atoms with van der Waals surface area (Å²) in [6.45, 7) is 7.86. The van der Waals surface area contributed by atoms with E-state index < -0.39 is 0 Å². The third-order valence-corrected chi connectivity index (χ3v) is 2.90. The highest BCUT2D eigenvalue weighted by Gasteiger charge is 2.10. The lowest BCUT2D eigenvalue weighted by Crippen LogP contribution is -2.00. The van der Waals surface area contributed by atoms with Crippen LogP contribution in [-0.4, -0.2) is 15.1 Å². The number of aromatic hydroxyl groups is 1. The van der Waals surface area contributed by atoms with E-state index in [0.29, 0.717) is 23.2 Å². The molecule has 1 N–H and O–H groups in total. The molecule has 100 valence electrons. The van der Waals surface area contributed by atoms with Crippen LogP contribution < -0.4 is 4.74 Å². The first kappa shape index (κ1) is 13.3. The monoisotopic (exact) mass is 258 g/mol. The van der Waals surface area contributed by atoms with Crippen LogP contribution in [-0.2, 0) is 0 Å². The molecule has 2 aromatic rings. The predicted molar refractivity (Wildman–Crippen MR) is 73.8 cm³/mol. The van der Waals surface area contributed by atoms with E-state index in [-0.39, 0.29) is 5.75 Å². The van der Waals surface area contributed by atoms with Crippen LogP contribution in [0, 0.1) is 13.8 Å². The van der Waals surface area contributed by atoms with Gasteiger partial charge in [0, 0.05) is 11.3 Å². The molecule has 0 radical (unpaired) electrons. The fourth-order valence-electron chi connectivity index (χ4n) is 1.72. The number of rotatable bonds is 3. The summed E-state index contributed by atoms with van der Waals surface area (Å²) < 4.78 is 5.68. The average Bonchev–Trinajstić information content (AvgIpc) is 2.34. The Morgan fingerprint density at radius 1 is 1.16 bits per heavy atom. The maximum atomic E-state index is 9.65. The minimum atomic E-state index is 0.203. The number of phenolic OH excluding ortho intramolecular Hbond substituents is 1. The molecule has 0 saturated carbocycles. The minimum Gasteiger partial charge on any atom is -0.508 e. The van der Waals surface area contributed by atoms with E-state index in [1.807, 2.05) is 13.0 Å². The number of benzene rings is 1. The van der Waals surface area contributed by atoms with Gasteiger partial charge >= 0.3 is 6.01 Å². The molecular weight excluding hydrogens is 240 g/mol. The Morgan fingerprint density at radius 2 is 1.89 bits per heavy atom. The van der Waals surface area contributed by atoms with Crippen LogP contribution in [0.4, 0.5) is 0 Å². The van der Waals surface area contributed by atoms with E-state index in [9.17, 15) is 5.11 Å². The lowest BCUT2D eigenvalue weighted by atomic mass is 10.1. The third kappa shape index (κ3) is 3.02. The van der Waals surface area contributed by atoms with Crippen molar-refractivity contribution in [2.75, 3.05) is 0 Å². The summed E-state index contributed by atoms with van der Waals surface area (Å²) in [5, 5.41) is 9.65. The molecule has 1 aromatic carbocycles. The zero-order chi connectivity index (χ0) is 14.0. The summed E-state index contributed by atoms with van der Waals surface area (Å²) >= 11 is 0.